The van der Waals surface area contributed by atoms with Crippen molar-refractivity contribution >= 4 is 17.8 Å². The molecule has 10 heteroatoms. The summed E-state index contributed by atoms with van der Waals surface area (Å²) in [5, 5.41) is 28.3. The van der Waals surface area contributed by atoms with E-state index in [1.807, 2.05) is 6.07 Å². The number of rotatable bonds is 8. The Bertz CT molecular complexity index is 815. The van der Waals surface area contributed by atoms with E-state index in [1.54, 1.807) is 24.0 Å². The first-order chi connectivity index (χ1) is 14.1. The fraction of sp³-hybridized carbons (Fsp3) is 0.579. The van der Waals surface area contributed by atoms with Crippen LogP contribution in [-0.4, -0.2) is 55.4 Å². The number of carboxylic acid groups (broad SMARTS) is 1. The lowest BCUT2D eigenvalue weighted by Gasteiger charge is -2.31. The monoisotopic (exact) mass is 401 g/mol. The molecule has 29 heavy (non-hydrogen) atoms. The predicted octanol–water partition coefficient (Wildman–Crippen LogP) is 2.27. The smallest absolute Gasteiger partial charge is 0.413 e. The van der Waals surface area contributed by atoms with Gasteiger partial charge in [0.1, 0.15) is 0 Å². The first-order valence-corrected chi connectivity index (χ1v) is 10.1. The third kappa shape index (κ3) is 5.49. The summed E-state index contributed by atoms with van der Waals surface area (Å²) in [5.41, 5.74) is 1.13. The Morgan fingerprint density at radius 2 is 1.97 bits per heavy atom. The lowest BCUT2D eigenvalue weighted by Crippen LogP contribution is -2.41. The Labute approximate surface area is 169 Å². The van der Waals surface area contributed by atoms with Gasteiger partial charge in [-0.05, 0) is 44.2 Å². The molecule has 10 nitrogen and oxygen atoms in total. The molecule has 1 aliphatic carbocycles. The molecule has 2 heterocycles. The van der Waals surface area contributed by atoms with E-state index in [0.29, 0.717) is 18.1 Å². The van der Waals surface area contributed by atoms with Crippen LogP contribution in [0, 0.1) is 0 Å². The number of carbonyl (C=O) groups is 2. The molecule has 0 radical (unpaired) electrons. The molecular formula is C19H27N7O3. The summed E-state index contributed by atoms with van der Waals surface area (Å²) < 4.78 is 1.65. The van der Waals surface area contributed by atoms with E-state index in [4.69, 9.17) is 0 Å². The highest BCUT2D eigenvalue weighted by Crippen LogP contribution is 2.26. The van der Waals surface area contributed by atoms with Crippen LogP contribution in [0.4, 0.5) is 10.6 Å². The van der Waals surface area contributed by atoms with Gasteiger partial charge >= 0.3 is 6.09 Å². The second kappa shape index (κ2) is 9.94. The van der Waals surface area contributed by atoms with Crippen molar-refractivity contribution in [2.45, 2.75) is 64.0 Å². The van der Waals surface area contributed by atoms with Gasteiger partial charge in [0.05, 0.1) is 11.9 Å². The number of aryl methyl sites for hydroxylation is 2. The van der Waals surface area contributed by atoms with Crippen LogP contribution in [0.15, 0.2) is 18.3 Å². The maximum Gasteiger partial charge on any atom is 0.413 e. The van der Waals surface area contributed by atoms with E-state index in [1.165, 1.54) is 4.90 Å². The molecule has 0 unspecified atom stereocenters. The molecule has 0 spiro atoms. The van der Waals surface area contributed by atoms with E-state index in [9.17, 15) is 14.7 Å². The van der Waals surface area contributed by atoms with E-state index in [0.717, 1.165) is 57.1 Å². The molecule has 2 amide bonds. The molecule has 1 fully saturated rings. The highest BCUT2D eigenvalue weighted by Gasteiger charge is 2.27. The van der Waals surface area contributed by atoms with Gasteiger partial charge in [0.25, 0.3) is 5.91 Å². The number of nitrogens with zero attached hydrogens (tertiary/aromatic N) is 6. The Morgan fingerprint density at radius 3 is 2.62 bits per heavy atom. The standard InChI is InChI=1S/C19H27N7O3/c1-20-18(27)16-13-25(24-22-16)12-6-5-7-14-10-11-17(23-21-14)26(19(28)29)15-8-3-2-4-9-15/h10-11,13,15H,2-9,12H2,1H3,(H,20,27)(H,28,29). The molecule has 1 saturated carbocycles. The highest BCUT2D eigenvalue weighted by molar-refractivity contribution is 5.91. The summed E-state index contributed by atoms with van der Waals surface area (Å²) in [4.78, 5) is 24.6. The molecule has 2 aromatic rings. The zero-order valence-electron chi connectivity index (χ0n) is 16.6. The fourth-order valence-electron chi connectivity index (χ4n) is 3.61. The van der Waals surface area contributed by atoms with Gasteiger partial charge in [-0.3, -0.25) is 14.4 Å². The average Bonchev–Trinajstić information content (AvgIpc) is 3.21. The predicted molar refractivity (Wildman–Crippen MR) is 106 cm³/mol. The number of anilines is 1. The quantitative estimate of drug-likeness (QED) is 0.650. The van der Waals surface area contributed by atoms with Gasteiger partial charge in [-0.15, -0.1) is 10.2 Å². The van der Waals surface area contributed by atoms with Crippen molar-refractivity contribution in [3.05, 3.63) is 29.7 Å². The minimum atomic E-state index is -0.970. The number of carbonyl (C=O) groups excluding carboxylic acids is 1. The van der Waals surface area contributed by atoms with E-state index < -0.39 is 6.09 Å². The van der Waals surface area contributed by atoms with Crippen LogP contribution in [-0.2, 0) is 13.0 Å². The molecule has 0 aromatic carbocycles. The summed E-state index contributed by atoms with van der Waals surface area (Å²) in [6, 6.07) is 3.59. The minimum absolute atomic E-state index is 0.0104. The van der Waals surface area contributed by atoms with E-state index in [-0.39, 0.29) is 11.9 Å². The van der Waals surface area contributed by atoms with Gasteiger partial charge in [0.15, 0.2) is 11.5 Å². The fourth-order valence-corrected chi connectivity index (χ4v) is 3.61. The van der Waals surface area contributed by atoms with Crippen LogP contribution in [0.3, 0.4) is 0 Å². The zero-order valence-corrected chi connectivity index (χ0v) is 16.6. The molecule has 2 N–H and O–H groups in total. The summed E-state index contributed by atoms with van der Waals surface area (Å²) in [7, 11) is 1.55. The largest absolute Gasteiger partial charge is 0.465 e. The van der Waals surface area contributed by atoms with Crippen molar-refractivity contribution < 1.29 is 14.7 Å². The Kier molecular flexibility index (Phi) is 7.09. The van der Waals surface area contributed by atoms with Crippen molar-refractivity contribution in [1.29, 1.82) is 0 Å². The number of hydrogen-bond acceptors (Lipinski definition) is 6. The first-order valence-electron chi connectivity index (χ1n) is 10.1. The van der Waals surface area contributed by atoms with Crippen LogP contribution in [0.25, 0.3) is 0 Å². The Balaban J connectivity index is 1.49. The lowest BCUT2D eigenvalue weighted by molar-refractivity contribution is 0.0958. The van der Waals surface area contributed by atoms with Crippen molar-refractivity contribution in [2.24, 2.45) is 0 Å². The normalized spacial score (nSPS) is 14.5. The molecule has 0 bridgehead atoms. The number of nitrogens with one attached hydrogen (secondary N) is 1. The highest BCUT2D eigenvalue weighted by atomic mass is 16.4. The molecule has 2 aromatic heterocycles. The van der Waals surface area contributed by atoms with Crippen LogP contribution in [0.2, 0.25) is 0 Å². The molecular weight excluding hydrogens is 374 g/mol. The number of amides is 2. The van der Waals surface area contributed by atoms with Crippen LogP contribution < -0.4 is 10.2 Å². The third-order valence-corrected chi connectivity index (χ3v) is 5.17. The summed E-state index contributed by atoms with van der Waals surface area (Å²) in [6.45, 7) is 0.657. The minimum Gasteiger partial charge on any atom is -0.465 e. The molecule has 0 saturated heterocycles. The zero-order chi connectivity index (χ0) is 20.6. The molecule has 3 rings (SSSR count). The van der Waals surface area contributed by atoms with Gasteiger partial charge in [-0.1, -0.05) is 24.5 Å². The van der Waals surface area contributed by atoms with Crippen molar-refractivity contribution in [3.63, 3.8) is 0 Å². The first kappa shape index (κ1) is 20.7. The lowest BCUT2D eigenvalue weighted by atomic mass is 9.94. The average molecular weight is 401 g/mol. The molecule has 1 aliphatic rings. The van der Waals surface area contributed by atoms with Crippen molar-refractivity contribution in [2.75, 3.05) is 11.9 Å². The van der Waals surface area contributed by atoms with Gasteiger partial charge in [-0.2, -0.15) is 5.10 Å². The summed E-state index contributed by atoms with van der Waals surface area (Å²) >= 11 is 0. The molecule has 0 aliphatic heterocycles. The van der Waals surface area contributed by atoms with Crippen LogP contribution in [0.1, 0.15) is 61.1 Å². The SMILES string of the molecule is CNC(=O)c1cn(CCCCc2ccc(N(C(=O)O)C3CCCCC3)nn2)nn1. The molecule has 0 atom stereocenters. The number of hydrogen-bond donors (Lipinski definition) is 2. The summed E-state index contributed by atoms with van der Waals surface area (Å²) in [6.07, 6.45) is 8.13. The third-order valence-electron chi connectivity index (χ3n) is 5.17. The van der Waals surface area contributed by atoms with Crippen LogP contribution >= 0.6 is 0 Å². The second-order valence-corrected chi connectivity index (χ2v) is 7.23. The second-order valence-electron chi connectivity index (χ2n) is 7.23. The van der Waals surface area contributed by atoms with Gasteiger partial charge in [0.2, 0.25) is 0 Å². The maximum atomic E-state index is 11.7. The van der Waals surface area contributed by atoms with Crippen molar-refractivity contribution in [3.8, 4) is 0 Å². The number of unbranched alkanes of at least 4 members (excludes halogenated alkanes) is 1. The molecule has 156 valence electrons. The van der Waals surface area contributed by atoms with Gasteiger partial charge < -0.3 is 10.4 Å². The van der Waals surface area contributed by atoms with Crippen molar-refractivity contribution in [1.82, 2.24) is 30.5 Å². The van der Waals surface area contributed by atoms with Gasteiger partial charge in [0, 0.05) is 19.6 Å². The Morgan fingerprint density at radius 1 is 1.17 bits per heavy atom. The maximum absolute atomic E-state index is 11.7. The van der Waals surface area contributed by atoms with Gasteiger partial charge in [-0.25, -0.2) is 4.79 Å². The topological polar surface area (TPSA) is 126 Å². The van der Waals surface area contributed by atoms with E-state index in [2.05, 4.69) is 25.8 Å². The number of aromatic nitrogens is 5. The van der Waals surface area contributed by atoms with Crippen LogP contribution in [0.5, 0.6) is 0 Å². The summed E-state index contributed by atoms with van der Waals surface area (Å²) in [5.74, 6) is 0.146. The van der Waals surface area contributed by atoms with E-state index >= 15 is 0 Å². The Hall–Kier alpha value is -3.04.